The van der Waals surface area contributed by atoms with Gasteiger partial charge in [-0.15, -0.1) is 0 Å². The van der Waals surface area contributed by atoms with Crippen LogP contribution in [0.4, 0.5) is 14.7 Å². The Morgan fingerprint density at radius 2 is 1.81 bits per heavy atom. The molecule has 7 nitrogen and oxygen atoms in total. The van der Waals surface area contributed by atoms with E-state index in [-0.39, 0.29) is 40.8 Å². The predicted octanol–water partition coefficient (Wildman–Crippen LogP) is 4.15. The summed E-state index contributed by atoms with van der Waals surface area (Å²) in [5.74, 6) is -3.73. The van der Waals surface area contributed by atoms with Gasteiger partial charge in [0.15, 0.2) is 6.61 Å². The molecule has 2 rings (SSSR count). The first-order valence-electron chi connectivity index (χ1n) is 9.71. The normalized spacial score (nSPS) is 12.2. The third-order valence-corrected chi connectivity index (χ3v) is 4.42. The van der Waals surface area contributed by atoms with Crippen LogP contribution in [0.25, 0.3) is 0 Å². The van der Waals surface area contributed by atoms with Gasteiger partial charge in [0.2, 0.25) is 11.9 Å². The van der Waals surface area contributed by atoms with Crippen molar-refractivity contribution < 1.29 is 23.1 Å². The van der Waals surface area contributed by atoms with Gasteiger partial charge in [0.25, 0.3) is 5.91 Å². The Morgan fingerprint density at radius 3 is 2.39 bits per heavy atom. The monoisotopic (exact) mass is 432 g/mol. The quantitative estimate of drug-likeness (QED) is 0.581. The summed E-state index contributed by atoms with van der Waals surface area (Å²) in [6, 6.07) is 7.50. The fourth-order valence-corrected chi connectivity index (χ4v) is 2.30. The summed E-state index contributed by atoms with van der Waals surface area (Å²) in [6.07, 6.45) is 1.38. The second-order valence-electron chi connectivity index (χ2n) is 7.45. The number of alkyl halides is 2. The van der Waals surface area contributed by atoms with E-state index in [1.54, 1.807) is 45.0 Å². The Balaban J connectivity index is 1.98. The van der Waals surface area contributed by atoms with Crippen molar-refractivity contribution in [3.05, 3.63) is 59.9 Å². The van der Waals surface area contributed by atoms with E-state index < -0.39 is 18.4 Å². The van der Waals surface area contributed by atoms with Gasteiger partial charge in [-0.3, -0.25) is 14.9 Å². The number of aromatic nitrogens is 2. The van der Waals surface area contributed by atoms with Crippen molar-refractivity contribution >= 4 is 17.8 Å². The molecule has 1 aromatic heterocycles. The minimum Gasteiger partial charge on any atom is -0.487 e. The molecule has 0 saturated carbocycles. The van der Waals surface area contributed by atoms with Crippen molar-refractivity contribution in [3.8, 4) is 5.75 Å². The smallest absolute Gasteiger partial charge is 0.302 e. The van der Waals surface area contributed by atoms with E-state index in [0.29, 0.717) is 0 Å². The first-order valence-corrected chi connectivity index (χ1v) is 9.71. The van der Waals surface area contributed by atoms with E-state index in [1.165, 1.54) is 19.2 Å². The maximum absolute atomic E-state index is 13.6. The minimum atomic E-state index is -3.11. The summed E-state index contributed by atoms with van der Waals surface area (Å²) in [5, 5.41) is 5.34. The maximum atomic E-state index is 13.6. The number of nitrogens with zero attached hydrogens (tertiary/aromatic N) is 2. The van der Waals surface area contributed by atoms with Gasteiger partial charge in [0.1, 0.15) is 11.4 Å². The highest BCUT2D eigenvalue weighted by atomic mass is 19.3. The zero-order valence-corrected chi connectivity index (χ0v) is 17.9. The lowest BCUT2D eigenvalue weighted by molar-refractivity contribution is -0.118. The Kier molecular flexibility index (Phi) is 7.79. The van der Waals surface area contributed by atoms with Gasteiger partial charge in [0.05, 0.1) is 6.04 Å². The molecule has 0 fully saturated rings. The van der Waals surface area contributed by atoms with Crippen LogP contribution in [0.1, 0.15) is 49.8 Å². The fraction of sp³-hybridized carbons (Fsp3) is 0.364. The molecule has 0 aliphatic carbocycles. The van der Waals surface area contributed by atoms with Crippen molar-refractivity contribution in [3.63, 3.8) is 0 Å². The van der Waals surface area contributed by atoms with Crippen LogP contribution in [0, 0.1) is 5.92 Å². The molecular formula is C22H26F2N4O3. The summed E-state index contributed by atoms with van der Waals surface area (Å²) in [7, 11) is 0. The molecule has 166 valence electrons. The highest BCUT2D eigenvalue weighted by Gasteiger charge is 2.31. The molecule has 0 saturated heterocycles. The molecule has 2 N–H and O–H groups in total. The van der Waals surface area contributed by atoms with Gasteiger partial charge >= 0.3 is 5.92 Å². The molecular weight excluding hydrogens is 406 g/mol. The van der Waals surface area contributed by atoms with Crippen molar-refractivity contribution in [1.29, 1.82) is 0 Å². The third kappa shape index (κ3) is 6.84. The van der Waals surface area contributed by atoms with Gasteiger partial charge in [-0.05, 0) is 43.2 Å². The number of carbonyl (C=O) groups is 2. The van der Waals surface area contributed by atoms with E-state index in [1.807, 2.05) is 0 Å². The Bertz CT molecular complexity index is 946. The van der Waals surface area contributed by atoms with Crippen LogP contribution in [0.2, 0.25) is 0 Å². The number of amides is 2. The van der Waals surface area contributed by atoms with Crippen LogP contribution in [-0.4, -0.2) is 34.3 Å². The van der Waals surface area contributed by atoms with Crippen LogP contribution < -0.4 is 15.4 Å². The summed E-state index contributed by atoms with van der Waals surface area (Å²) in [4.78, 5) is 32.3. The number of rotatable bonds is 9. The molecule has 0 aliphatic heterocycles. The first-order chi connectivity index (χ1) is 14.5. The van der Waals surface area contributed by atoms with E-state index >= 15 is 0 Å². The molecule has 2 amide bonds. The summed E-state index contributed by atoms with van der Waals surface area (Å²) < 4.78 is 32.3. The molecule has 9 heteroatoms. The molecule has 1 atom stereocenters. The topological polar surface area (TPSA) is 93.2 Å². The minimum absolute atomic E-state index is 0.0482. The average Bonchev–Trinajstić information content (AvgIpc) is 2.72. The molecule has 2 aromatic rings. The van der Waals surface area contributed by atoms with Crippen LogP contribution in [0.15, 0.2) is 48.7 Å². The van der Waals surface area contributed by atoms with Crippen LogP contribution in [-0.2, 0) is 4.79 Å². The van der Waals surface area contributed by atoms with Gasteiger partial charge in [-0.25, -0.2) is 9.97 Å². The molecule has 0 bridgehead atoms. The molecule has 0 aliphatic rings. The highest BCUT2D eigenvalue weighted by Crippen LogP contribution is 2.25. The largest absolute Gasteiger partial charge is 0.487 e. The van der Waals surface area contributed by atoms with Crippen LogP contribution in [0.3, 0.4) is 0 Å². The van der Waals surface area contributed by atoms with E-state index in [4.69, 9.17) is 4.74 Å². The molecule has 0 spiro atoms. The zero-order chi connectivity index (χ0) is 23.2. The second-order valence-corrected chi connectivity index (χ2v) is 7.45. The predicted molar refractivity (Wildman–Crippen MR) is 113 cm³/mol. The lowest BCUT2D eigenvalue weighted by Crippen LogP contribution is -2.28. The third-order valence-electron chi connectivity index (χ3n) is 4.42. The van der Waals surface area contributed by atoms with Gasteiger partial charge in [-0.2, -0.15) is 8.78 Å². The Morgan fingerprint density at radius 1 is 1.16 bits per heavy atom. The number of halogens is 2. The summed E-state index contributed by atoms with van der Waals surface area (Å²) in [6.45, 7) is 8.94. The zero-order valence-electron chi connectivity index (χ0n) is 17.9. The van der Waals surface area contributed by atoms with Gasteiger partial charge < -0.3 is 10.1 Å². The number of carbonyl (C=O) groups excluding carboxylic acids is 2. The maximum Gasteiger partial charge on any atom is 0.302 e. The number of benzene rings is 1. The van der Waals surface area contributed by atoms with Crippen molar-refractivity contribution in [2.45, 2.75) is 39.7 Å². The lowest BCUT2D eigenvalue weighted by atomic mass is 10.1. The Labute approximate surface area is 179 Å². The molecule has 1 aromatic carbocycles. The van der Waals surface area contributed by atoms with Crippen molar-refractivity contribution in [1.82, 2.24) is 15.3 Å². The number of anilines is 1. The first kappa shape index (κ1) is 23.9. The van der Waals surface area contributed by atoms with Gasteiger partial charge in [0, 0.05) is 12.1 Å². The lowest BCUT2D eigenvalue weighted by Gasteiger charge is -2.18. The molecule has 0 radical (unpaired) electrons. The van der Waals surface area contributed by atoms with Gasteiger partial charge in [-0.1, -0.05) is 32.6 Å². The molecule has 1 unspecified atom stereocenters. The van der Waals surface area contributed by atoms with Crippen LogP contribution in [0.5, 0.6) is 5.75 Å². The number of ether oxygens (including phenoxy) is 1. The van der Waals surface area contributed by atoms with Crippen molar-refractivity contribution in [2.24, 2.45) is 5.92 Å². The standard InChI is InChI=1S/C22H26F2N4O3/c1-13(2)19(29)28-21-25-11-10-18(27-21)20(30)26-15(5)16-6-8-17(9-7-16)31-12-22(23,24)14(3)4/h6-11,13,15H,3,12H2,1-2,4-5H3,(H,26,30)(H,25,27,28,29). The highest BCUT2D eigenvalue weighted by molar-refractivity contribution is 5.94. The van der Waals surface area contributed by atoms with Crippen LogP contribution >= 0.6 is 0 Å². The van der Waals surface area contributed by atoms with E-state index in [2.05, 4.69) is 27.2 Å². The van der Waals surface area contributed by atoms with E-state index in [0.717, 1.165) is 5.56 Å². The Hall–Kier alpha value is -3.36. The second kappa shape index (κ2) is 10.1. The number of hydrogen-bond acceptors (Lipinski definition) is 5. The average molecular weight is 432 g/mol. The SMILES string of the molecule is C=C(C)C(F)(F)COc1ccc(C(C)NC(=O)c2ccnc(NC(=O)C(C)C)n2)cc1. The molecule has 1 heterocycles. The fourth-order valence-electron chi connectivity index (χ4n) is 2.30. The number of nitrogens with one attached hydrogen (secondary N) is 2. The van der Waals surface area contributed by atoms with E-state index in [9.17, 15) is 18.4 Å². The molecule has 31 heavy (non-hydrogen) atoms. The van der Waals surface area contributed by atoms with Crippen molar-refractivity contribution in [2.75, 3.05) is 11.9 Å². The number of hydrogen-bond donors (Lipinski definition) is 2. The summed E-state index contributed by atoms with van der Waals surface area (Å²) >= 11 is 0. The summed E-state index contributed by atoms with van der Waals surface area (Å²) in [5.41, 5.74) is 0.578.